The molecular formula is C23H26ClF3N6O4. The van der Waals surface area contributed by atoms with Crippen LogP contribution in [-0.2, 0) is 15.7 Å². The van der Waals surface area contributed by atoms with Crippen LogP contribution in [0.4, 0.5) is 24.7 Å². The summed E-state index contributed by atoms with van der Waals surface area (Å²) >= 11 is 6.04. The average molecular weight is 543 g/mol. The molecule has 0 bridgehead atoms. The highest BCUT2D eigenvalue weighted by Gasteiger charge is 2.42. The SMILES string of the molecule is O=C(CCOC[C@@H]1CCN1c1cn[nH]c(=O)c1C(F)(F)F)N1CCN2c3ncc(Cl)cc3OCC[C@H]2C1. The van der Waals surface area contributed by atoms with E-state index in [-0.39, 0.29) is 43.3 Å². The van der Waals surface area contributed by atoms with Gasteiger partial charge in [-0.1, -0.05) is 11.6 Å². The molecule has 1 amide bonds. The maximum Gasteiger partial charge on any atom is 0.423 e. The predicted molar refractivity (Wildman–Crippen MR) is 128 cm³/mol. The molecular weight excluding hydrogens is 517 g/mol. The number of carbonyl (C=O) groups is 1. The van der Waals surface area contributed by atoms with Crippen LogP contribution in [-0.4, -0.2) is 84.1 Å². The lowest BCUT2D eigenvalue weighted by atomic mass is 10.0. The number of aromatic nitrogens is 3. The van der Waals surface area contributed by atoms with Crippen LogP contribution in [0.5, 0.6) is 5.75 Å². The van der Waals surface area contributed by atoms with Crippen molar-refractivity contribution in [2.75, 3.05) is 55.8 Å². The van der Waals surface area contributed by atoms with E-state index in [9.17, 15) is 22.8 Å². The molecule has 3 aliphatic rings. The molecule has 2 fully saturated rings. The Morgan fingerprint density at radius 2 is 2.05 bits per heavy atom. The monoisotopic (exact) mass is 542 g/mol. The number of ether oxygens (including phenoxy) is 2. The number of nitrogens with zero attached hydrogens (tertiary/aromatic N) is 5. The fourth-order valence-electron chi connectivity index (χ4n) is 5.00. The Balaban J connectivity index is 1.11. The molecule has 2 aromatic heterocycles. The number of alkyl halides is 3. The van der Waals surface area contributed by atoms with Crippen molar-refractivity contribution in [2.45, 2.75) is 37.5 Å². The molecule has 10 nitrogen and oxygen atoms in total. The number of H-pyrrole nitrogens is 1. The Morgan fingerprint density at radius 1 is 1.22 bits per heavy atom. The van der Waals surface area contributed by atoms with Gasteiger partial charge in [0.15, 0.2) is 11.6 Å². The van der Waals surface area contributed by atoms with E-state index in [1.807, 2.05) is 5.10 Å². The van der Waals surface area contributed by atoms with E-state index in [1.165, 1.54) is 4.90 Å². The molecule has 14 heteroatoms. The van der Waals surface area contributed by atoms with E-state index in [2.05, 4.69) is 15.0 Å². The van der Waals surface area contributed by atoms with Crippen LogP contribution >= 0.6 is 11.6 Å². The van der Waals surface area contributed by atoms with E-state index in [1.54, 1.807) is 17.2 Å². The van der Waals surface area contributed by atoms with Crippen LogP contribution in [0.15, 0.2) is 23.3 Å². The molecule has 0 unspecified atom stereocenters. The molecule has 0 saturated carbocycles. The van der Waals surface area contributed by atoms with Gasteiger partial charge in [-0.05, 0) is 6.42 Å². The molecule has 37 heavy (non-hydrogen) atoms. The maximum atomic E-state index is 13.4. The number of anilines is 2. The summed E-state index contributed by atoms with van der Waals surface area (Å²) < 4.78 is 51.6. The van der Waals surface area contributed by atoms with Crippen molar-refractivity contribution in [3.63, 3.8) is 0 Å². The van der Waals surface area contributed by atoms with Crippen molar-refractivity contribution >= 4 is 29.0 Å². The summed E-state index contributed by atoms with van der Waals surface area (Å²) in [5.41, 5.74) is -2.78. The quantitative estimate of drug-likeness (QED) is 0.555. The third-order valence-corrected chi connectivity index (χ3v) is 7.17. The Hall–Kier alpha value is -3.06. The zero-order chi connectivity index (χ0) is 26.2. The Kier molecular flexibility index (Phi) is 7.17. The van der Waals surface area contributed by atoms with Gasteiger partial charge in [0.1, 0.15) is 5.56 Å². The number of nitrogens with one attached hydrogen (secondary N) is 1. The number of fused-ring (bicyclic) bond motifs is 3. The summed E-state index contributed by atoms with van der Waals surface area (Å²) in [6.07, 6.45) is -0.673. The standard InChI is InChI=1S/C23H26ClF3N6O4/c24-14-9-18-21(28-10-14)33-6-5-31(12-15(33)2-8-37-18)19(34)3-7-36-13-16-1-4-32(16)17-11-29-30-22(35)20(17)23(25,26)27/h9-11,15-16H,1-8,12-13H2,(H,30,35)/t15-,16-/m0/s1. The van der Waals surface area contributed by atoms with Gasteiger partial charge in [-0.2, -0.15) is 18.3 Å². The highest BCUT2D eigenvalue weighted by Crippen LogP contribution is 2.37. The van der Waals surface area contributed by atoms with Crippen molar-refractivity contribution in [3.8, 4) is 5.75 Å². The fourth-order valence-corrected chi connectivity index (χ4v) is 5.14. The number of amides is 1. The fraction of sp³-hybridized carbons (Fsp3) is 0.565. The second-order valence-electron chi connectivity index (χ2n) is 9.22. The van der Waals surface area contributed by atoms with E-state index < -0.39 is 17.3 Å². The number of aromatic amines is 1. The van der Waals surface area contributed by atoms with Crippen molar-refractivity contribution in [3.05, 3.63) is 39.4 Å². The summed E-state index contributed by atoms with van der Waals surface area (Å²) in [5, 5.41) is 5.88. The van der Waals surface area contributed by atoms with Crippen LogP contribution in [0.1, 0.15) is 24.8 Å². The zero-order valence-corrected chi connectivity index (χ0v) is 20.6. The van der Waals surface area contributed by atoms with Gasteiger partial charge in [-0.15, -0.1) is 0 Å². The number of hydrogen-bond acceptors (Lipinski definition) is 8. The summed E-state index contributed by atoms with van der Waals surface area (Å²) in [4.78, 5) is 34.4. The Labute approximate surface area is 215 Å². The molecule has 1 N–H and O–H groups in total. The molecule has 2 atom stereocenters. The van der Waals surface area contributed by atoms with Gasteiger partial charge in [-0.3, -0.25) is 9.59 Å². The normalized spacial score (nSPS) is 21.5. The van der Waals surface area contributed by atoms with Crippen LogP contribution in [0.3, 0.4) is 0 Å². The summed E-state index contributed by atoms with van der Waals surface area (Å²) in [6, 6.07) is 1.50. The molecule has 3 aliphatic heterocycles. The van der Waals surface area contributed by atoms with Gasteiger partial charge in [-0.25, -0.2) is 10.1 Å². The topological polar surface area (TPSA) is 104 Å². The highest BCUT2D eigenvalue weighted by molar-refractivity contribution is 6.30. The minimum Gasteiger partial charge on any atom is -0.490 e. The van der Waals surface area contributed by atoms with Crippen LogP contribution in [0, 0.1) is 0 Å². The number of halogens is 4. The van der Waals surface area contributed by atoms with Gasteiger partial charge in [0.05, 0.1) is 55.2 Å². The third-order valence-electron chi connectivity index (χ3n) is 6.96. The number of piperazine rings is 1. The summed E-state index contributed by atoms with van der Waals surface area (Å²) in [7, 11) is 0. The minimum atomic E-state index is -4.79. The molecule has 0 spiro atoms. The molecule has 5 rings (SSSR count). The number of hydrogen-bond donors (Lipinski definition) is 1. The highest BCUT2D eigenvalue weighted by atomic mass is 35.5. The van der Waals surface area contributed by atoms with E-state index in [4.69, 9.17) is 21.1 Å². The molecule has 200 valence electrons. The number of carbonyl (C=O) groups excluding carboxylic acids is 1. The van der Waals surface area contributed by atoms with E-state index in [0.717, 1.165) is 18.4 Å². The first-order chi connectivity index (χ1) is 17.7. The maximum absolute atomic E-state index is 13.4. The van der Waals surface area contributed by atoms with Gasteiger partial charge in [0, 0.05) is 44.9 Å². The van der Waals surface area contributed by atoms with Gasteiger partial charge in [0.25, 0.3) is 5.56 Å². The molecule has 2 aromatic rings. The largest absolute Gasteiger partial charge is 0.490 e. The van der Waals surface area contributed by atoms with E-state index >= 15 is 0 Å². The Bertz CT molecular complexity index is 1210. The predicted octanol–water partition coefficient (Wildman–Crippen LogP) is 2.32. The zero-order valence-electron chi connectivity index (χ0n) is 19.8. The second-order valence-corrected chi connectivity index (χ2v) is 9.65. The average Bonchev–Trinajstić information content (AvgIpc) is 3.00. The molecule has 2 saturated heterocycles. The second kappa shape index (κ2) is 10.4. The van der Waals surface area contributed by atoms with Crippen molar-refractivity contribution in [2.24, 2.45) is 0 Å². The molecule has 5 heterocycles. The molecule has 0 radical (unpaired) electrons. The first-order valence-corrected chi connectivity index (χ1v) is 12.4. The van der Waals surface area contributed by atoms with Gasteiger partial charge >= 0.3 is 6.18 Å². The lowest BCUT2D eigenvalue weighted by Crippen LogP contribution is -2.55. The van der Waals surface area contributed by atoms with Crippen molar-refractivity contribution in [1.29, 1.82) is 0 Å². The Morgan fingerprint density at radius 3 is 2.81 bits per heavy atom. The van der Waals surface area contributed by atoms with E-state index in [0.29, 0.717) is 50.0 Å². The summed E-state index contributed by atoms with van der Waals surface area (Å²) in [5.74, 6) is 1.33. The lowest BCUT2D eigenvalue weighted by Gasteiger charge is -2.43. The van der Waals surface area contributed by atoms with Crippen LogP contribution < -0.4 is 20.1 Å². The number of rotatable bonds is 6. The molecule has 0 aromatic carbocycles. The first kappa shape index (κ1) is 25.6. The van der Waals surface area contributed by atoms with Gasteiger partial charge in [0.2, 0.25) is 5.91 Å². The van der Waals surface area contributed by atoms with Gasteiger partial charge < -0.3 is 24.2 Å². The molecule has 0 aliphatic carbocycles. The van der Waals surface area contributed by atoms with Crippen molar-refractivity contribution in [1.82, 2.24) is 20.1 Å². The smallest absolute Gasteiger partial charge is 0.423 e. The lowest BCUT2D eigenvalue weighted by molar-refractivity contribution is -0.138. The van der Waals surface area contributed by atoms with Crippen molar-refractivity contribution < 1.29 is 27.4 Å². The number of pyridine rings is 1. The van der Waals surface area contributed by atoms with Crippen LogP contribution in [0.25, 0.3) is 0 Å². The summed E-state index contributed by atoms with van der Waals surface area (Å²) in [6.45, 7) is 2.85. The van der Waals surface area contributed by atoms with Crippen LogP contribution in [0.2, 0.25) is 5.02 Å². The first-order valence-electron chi connectivity index (χ1n) is 12.0. The third kappa shape index (κ3) is 5.33. The minimum absolute atomic E-state index is 0.0438.